The Hall–Kier alpha value is -2.84. The van der Waals surface area contributed by atoms with Crippen molar-refractivity contribution in [2.24, 2.45) is 17.9 Å². The van der Waals surface area contributed by atoms with Crippen LogP contribution >= 0.6 is 0 Å². The number of primary amides is 1. The fourth-order valence-corrected chi connectivity index (χ4v) is 3.37. The molecule has 0 unspecified atom stereocenters. The van der Waals surface area contributed by atoms with Crippen molar-refractivity contribution >= 4 is 27.1 Å². The van der Waals surface area contributed by atoms with Crippen LogP contribution in [-0.4, -0.2) is 18.9 Å². The fourth-order valence-electron chi connectivity index (χ4n) is 2.99. The second-order valence-corrected chi connectivity index (χ2v) is 6.88. The zero-order chi connectivity index (χ0) is 18.4. The largest absolute Gasteiger partial charge is 0.380 e. The first-order chi connectivity index (χ1) is 11.7. The number of nitrogens with zero attached hydrogens (tertiary/aromatic N) is 1. The third kappa shape index (κ3) is 3.21. The summed E-state index contributed by atoms with van der Waals surface area (Å²) >= 11 is 0. The zero-order valence-electron chi connectivity index (χ0n) is 13.7. The van der Waals surface area contributed by atoms with Crippen LogP contribution in [0.25, 0.3) is 22.2 Å². The van der Waals surface area contributed by atoms with Gasteiger partial charge in [-0.1, -0.05) is 0 Å². The van der Waals surface area contributed by atoms with Gasteiger partial charge in [0.25, 0.3) is 0 Å². The maximum Gasteiger partial charge on any atom is 0.380 e. The van der Waals surface area contributed by atoms with Gasteiger partial charge in [-0.3, -0.25) is 4.79 Å². The highest BCUT2D eigenvalue weighted by atomic mass is 32.2. The minimum Gasteiger partial charge on any atom is -0.371 e. The van der Waals surface area contributed by atoms with Crippen LogP contribution in [0.1, 0.15) is 15.9 Å². The molecule has 1 aromatic heterocycles. The molecule has 0 bridgehead atoms. The number of rotatable bonds is 4. The number of aromatic nitrogens is 1. The van der Waals surface area contributed by atoms with Crippen molar-refractivity contribution in [3.8, 4) is 17.0 Å². The number of nitrogens with two attached hydrogens (primary N) is 2. The third-order valence-corrected chi connectivity index (χ3v) is 4.50. The zero-order valence-corrected chi connectivity index (χ0v) is 14.5. The Balaban J connectivity index is 2.11. The molecule has 0 spiro atoms. The van der Waals surface area contributed by atoms with Crippen LogP contribution in [0.15, 0.2) is 42.5 Å². The minimum atomic E-state index is -4.05. The van der Waals surface area contributed by atoms with Crippen LogP contribution in [0.2, 0.25) is 0 Å². The van der Waals surface area contributed by atoms with Crippen molar-refractivity contribution in [3.63, 3.8) is 0 Å². The molecule has 1 heterocycles. The molecule has 25 heavy (non-hydrogen) atoms. The summed E-state index contributed by atoms with van der Waals surface area (Å²) in [6.07, 6.45) is 0. The Morgan fingerprint density at radius 2 is 1.76 bits per heavy atom. The minimum absolute atomic E-state index is 0.138. The van der Waals surface area contributed by atoms with E-state index < -0.39 is 16.2 Å². The van der Waals surface area contributed by atoms with Crippen molar-refractivity contribution in [2.75, 3.05) is 0 Å². The van der Waals surface area contributed by atoms with E-state index in [9.17, 15) is 13.2 Å². The molecular formula is C17H17N3O4S. The lowest BCUT2D eigenvalue weighted by Crippen LogP contribution is -2.18. The van der Waals surface area contributed by atoms with E-state index >= 15 is 0 Å². The number of benzene rings is 2. The van der Waals surface area contributed by atoms with E-state index in [2.05, 4.69) is 4.18 Å². The number of hydrogen-bond donors (Lipinski definition) is 2. The quantitative estimate of drug-likeness (QED) is 0.739. The topological polar surface area (TPSA) is 117 Å². The molecule has 1 amide bonds. The van der Waals surface area contributed by atoms with E-state index in [1.807, 2.05) is 24.6 Å². The highest BCUT2D eigenvalue weighted by Gasteiger charge is 2.15. The van der Waals surface area contributed by atoms with Crippen LogP contribution < -0.4 is 15.1 Å². The Morgan fingerprint density at radius 3 is 2.32 bits per heavy atom. The molecule has 0 saturated carbocycles. The van der Waals surface area contributed by atoms with E-state index in [1.165, 1.54) is 12.1 Å². The average Bonchev–Trinajstić information content (AvgIpc) is 2.78. The number of carbonyl (C=O) groups is 1. The summed E-state index contributed by atoms with van der Waals surface area (Å²) in [5, 5.41) is 5.79. The molecule has 2 aromatic carbocycles. The van der Waals surface area contributed by atoms with Crippen LogP contribution in [0.3, 0.4) is 0 Å². The van der Waals surface area contributed by atoms with Crippen molar-refractivity contribution in [3.05, 3.63) is 53.6 Å². The third-order valence-electron chi connectivity index (χ3n) is 4.08. The summed E-state index contributed by atoms with van der Waals surface area (Å²) < 4.78 is 28.6. The average molecular weight is 359 g/mol. The van der Waals surface area contributed by atoms with Gasteiger partial charge in [0, 0.05) is 23.5 Å². The summed E-state index contributed by atoms with van der Waals surface area (Å²) in [6, 6.07) is 11.9. The van der Waals surface area contributed by atoms with Crippen LogP contribution in [0, 0.1) is 6.92 Å². The number of amides is 1. The van der Waals surface area contributed by atoms with Gasteiger partial charge in [0.15, 0.2) is 0 Å². The molecule has 3 aromatic rings. The second kappa shape index (κ2) is 5.91. The van der Waals surface area contributed by atoms with Gasteiger partial charge in [-0.2, -0.15) is 13.6 Å². The van der Waals surface area contributed by atoms with E-state index in [0.29, 0.717) is 5.56 Å². The van der Waals surface area contributed by atoms with Gasteiger partial charge in [-0.15, -0.1) is 0 Å². The Labute approximate surface area is 145 Å². The van der Waals surface area contributed by atoms with Gasteiger partial charge in [0.2, 0.25) is 5.91 Å². The van der Waals surface area contributed by atoms with Crippen molar-refractivity contribution < 1.29 is 17.4 Å². The number of carbonyl (C=O) groups excluding carboxylic acids is 1. The molecule has 0 aliphatic carbocycles. The molecular weight excluding hydrogens is 342 g/mol. The summed E-state index contributed by atoms with van der Waals surface area (Å²) in [5.41, 5.74) is 9.57. The van der Waals surface area contributed by atoms with Gasteiger partial charge in [0.05, 0.1) is 5.69 Å². The number of fused-ring (bicyclic) bond motifs is 1. The first kappa shape index (κ1) is 17.0. The Kier molecular flexibility index (Phi) is 4.02. The molecule has 130 valence electrons. The van der Waals surface area contributed by atoms with E-state index in [0.717, 1.165) is 27.7 Å². The monoisotopic (exact) mass is 359 g/mol. The SMILES string of the molecule is Cc1c(-c2ccc(OS(N)(=O)=O)cc2)n(C)c2ccc(C(N)=O)cc12. The van der Waals surface area contributed by atoms with Crippen molar-refractivity contribution in [1.29, 1.82) is 0 Å². The highest BCUT2D eigenvalue weighted by Crippen LogP contribution is 2.33. The lowest BCUT2D eigenvalue weighted by atomic mass is 10.0. The van der Waals surface area contributed by atoms with Gasteiger partial charge in [-0.05, 0) is 60.5 Å². The molecule has 7 nitrogen and oxygen atoms in total. The molecule has 0 aliphatic heterocycles. The number of aryl methyl sites for hydroxylation is 2. The summed E-state index contributed by atoms with van der Waals surface area (Å²) in [4.78, 5) is 11.4. The lowest BCUT2D eigenvalue weighted by molar-refractivity contribution is 0.100. The molecule has 3 rings (SSSR count). The highest BCUT2D eigenvalue weighted by molar-refractivity contribution is 7.84. The maximum absolute atomic E-state index is 11.4. The predicted octanol–water partition coefficient (Wildman–Crippen LogP) is 1.83. The fraction of sp³-hybridized carbons (Fsp3) is 0.118. The van der Waals surface area contributed by atoms with Crippen LogP contribution in [-0.2, 0) is 17.4 Å². The first-order valence-electron chi connectivity index (χ1n) is 7.39. The molecule has 0 atom stereocenters. The van der Waals surface area contributed by atoms with E-state index in [-0.39, 0.29) is 5.75 Å². The van der Waals surface area contributed by atoms with Crippen LogP contribution in [0.4, 0.5) is 0 Å². The van der Waals surface area contributed by atoms with Gasteiger partial charge in [-0.25, -0.2) is 0 Å². The summed E-state index contributed by atoms with van der Waals surface area (Å²) in [5.74, 6) is -0.338. The van der Waals surface area contributed by atoms with E-state index in [1.54, 1.807) is 24.3 Å². The molecule has 0 fully saturated rings. The van der Waals surface area contributed by atoms with Crippen molar-refractivity contribution in [1.82, 2.24) is 4.57 Å². The normalized spacial score (nSPS) is 11.6. The van der Waals surface area contributed by atoms with Crippen molar-refractivity contribution in [2.45, 2.75) is 6.92 Å². The molecule has 0 saturated heterocycles. The second-order valence-electron chi connectivity index (χ2n) is 5.73. The maximum atomic E-state index is 11.4. The smallest absolute Gasteiger partial charge is 0.371 e. The number of hydrogen-bond acceptors (Lipinski definition) is 4. The van der Waals surface area contributed by atoms with Gasteiger partial charge in [0.1, 0.15) is 5.75 Å². The van der Waals surface area contributed by atoms with E-state index in [4.69, 9.17) is 10.9 Å². The van der Waals surface area contributed by atoms with Gasteiger partial charge >= 0.3 is 10.3 Å². The molecule has 8 heteroatoms. The molecule has 0 aliphatic rings. The van der Waals surface area contributed by atoms with Crippen LogP contribution in [0.5, 0.6) is 5.75 Å². The van der Waals surface area contributed by atoms with Gasteiger partial charge < -0.3 is 14.5 Å². The summed E-state index contributed by atoms with van der Waals surface area (Å²) in [7, 11) is -2.13. The Bertz CT molecular complexity index is 1080. The Morgan fingerprint density at radius 1 is 1.12 bits per heavy atom. The first-order valence-corrected chi connectivity index (χ1v) is 8.86. The predicted molar refractivity (Wildman–Crippen MR) is 95.3 cm³/mol. The summed E-state index contributed by atoms with van der Waals surface area (Å²) in [6.45, 7) is 1.96. The molecule has 4 N–H and O–H groups in total. The standard InChI is InChI=1S/C17H17N3O4S/c1-10-14-9-12(17(18)21)5-8-15(14)20(2)16(10)11-3-6-13(7-4-11)24-25(19,22)23/h3-9H,1-2H3,(H2,18,21)(H2,19,22,23). The lowest BCUT2D eigenvalue weighted by Gasteiger charge is -2.08. The molecule has 0 radical (unpaired) electrons.